The zero-order chi connectivity index (χ0) is 14.8. The number of H-pyrrole nitrogens is 1. The first-order valence-corrected chi connectivity index (χ1v) is 7.74. The molecule has 0 atom stereocenters. The molecule has 0 saturated carbocycles. The van der Waals surface area contributed by atoms with Crippen LogP contribution in [0.4, 0.5) is 0 Å². The Balaban J connectivity index is 1.84. The Hall–Kier alpha value is -2.14. The molecule has 2 aromatic heterocycles. The maximum atomic E-state index is 12.4. The van der Waals surface area contributed by atoms with Crippen molar-refractivity contribution in [2.45, 2.75) is 26.3 Å². The third-order valence-corrected chi connectivity index (χ3v) is 4.45. The minimum absolute atomic E-state index is 0.189. The van der Waals surface area contributed by atoms with Gasteiger partial charge in [0.2, 0.25) is 0 Å². The Morgan fingerprint density at radius 1 is 1.19 bits per heavy atom. The number of rotatable bonds is 4. The highest BCUT2D eigenvalue weighted by atomic mass is 32.1. The molecule has 2 heterocycles. The predicted octanol–water partition coefficient (Wildman–Crippen LogP) is 2.69. The maximum Gasteiger partial charge on any atom is 0.329 e. The highest BCUT2D eigenvalue weighted by Crippen LogP contribution is 2.18. The van der Waals surface area contributed by atoms with E-state index in [2.05, 4.69) is 17.1 Å². The zero-order valence-electron chi connectivity index (χ0n) is 11.8. The third kappa shape index (κ3) is 2.83. The van der Waals surface area contributed by atoms with Crippen LogP contribution in [0.25, 0.3) is 10.2 Å². The molecule has 0 spiro atoms. The molecule has 0 fully saturated rings. The van der Waals surface area contributed by atoms with Gasteiger partial charge in [-0.05, 0) is 31.4 Å². The molecule has 3 rings (SSSR count). The molecule has 0 saturated heterocycles. The number of aryl methyl sites for hydroxylation is 2. The molecule has 0 amide bonds. The van der Waals surface area contributed by atoms with Crippen molar-refractivity contribution < 1.29 is 0 Å². The molecular weight excluding hydrogens is 284 g/mol. The van der Waals surface area contributed by atoms with Crippen LogP contribution in [0.5, 0.6) is 0 Å². The van der Waals surface area contributed by atoms with Gasteiger partial charge in [0.1, 0.15) is 4.83 Å². The third-order valence-electron chi connectivity index (χ3n) is 3.49. The normalized spacial score (nSPS) is 11.1. The number of nitrogens with zero attached hydrogens (tertiary/aromatic N) is 1. The van der Waals surface area contributed by atoms with Crippen molar-refractivity contribution in [1.29, 1.82) is 0 Å². The van der Waals surface area contributed by atoms with Gasteiger partial charge in [-0.3, -0.25) is 14.3 Å². The number of thiophene rings is 1. The Kier molecular flexibility index (Phi) is 3.75. The van der Waals surface area contributed by atoms with Crippen LogP contribution >= 0.6 is 11.3 Å². The lowest BCUT2D eigenvalue weighted by atomic mass is 10.1. The van der Waals surface area contributed by atoms with Crippen LogP contribution in [0.15, 0.2) is 46.0 Å². The second-order valence-corrected chi connectivity index (χ2v) is 6.33. The highest BCUT2D eigenvalue weighted by Gasteiger charge is 2.09. The number of aromatic nitrogens is 2. The minimum atomic E-state index is -0.317. The Morgan fingerprint density at radius 2 is 1.95 bits per heavy atom. The first-order valence-electron chi connectivity index (χ1n) is 6.92. The molecule has 4 nitrogen and oxygen atoms in total. The monoisotopic (exact) mass is 300 g/mol. The average molecular weight is 300 g/mol. The topological polar surface area (TPSA) is 54.9 Å². The fourth-order valence-corrected chi connectivity index (χ4v) is 3.35. The summed E-state index contributed by atoms with van der Waals surface area (Å²) in [5, 5.41) is 0.608. The number of hydrogen-bond donors (Lipinski definition) is 1. The summed E-state index contributed by atoms with van der Waals surface area (Å²) in [5.74, 6) is 0. The average Bonchev–Trinajstić information content (AvgIpc) is 2.84. The van der Waals surface area contributed by atoms with Gasteiger partial charge in [0, 0.05) is 11.4 Å². The largest absolute Gasteiger partial charge is 0.329 e. The first-order chi connectivity index (χ1) is 10.1. The van der Waals surface area contributed by atoms with E-state index in [4.69, 9.17) is 0 Å². The van der Waals surface area contributed by atoms with Crippen LogP contribution in [0.1, 0.15) is 16.9 Å². The molecule has 0 bridgehead atoms. The van der Waals surface area contributed by atoms with Gasteiger partial charge in [-0.15, -0.1) is 11.3 Å². The molecule has 1 aromatic carbocycles. The van der Waals surface area contributed by atoms with E-state index in [9.17, 15) is 9.59 Å². The quantitative estimate of drug-likeness (QED) is 0.805. The fourth-order valence-electron chi connectivity index (χ4n) is 2.46. The second kappa shape index (κ2) is 5.69. The smallest absolute Gasteiger partial charge is 0.298 e. The molecule has 0 unspecified atom stereocenters. The molecule has 0 aliphatic rings. The van der Waals surface area contributed by atoms with E-state index in [0.717, 1.165) is 17.7 Å². The van der Waals surface area contributed by atoms with Gasteiger partial charge in [0.05, 0.1) is 5.39 Å². The van der Waals surface area contributed by atoms with Crippen molar-refractivity contribution in [3.8, 4) is 0 Å². The van der Waals surface area contributed by atoms with Gasteiger partial charge in [0.25, 0.3) is 5.56 Å². The highest BCUT2D eigenvalue weighted by molar-refractivity contribution is 7.18. The summed E-state index contributed by atoms with van der Waals surface area (Å²) >= 11 is 1.44. The molecule has 3 aromatic rings. The summed E-state index contributed by atoms with van der Waals surface area (Å²) in [5.41, 5.74) is 0.711. The van der Waals surface area contributed by atoms with Gasteiger partial charge in [0.15, 0.2) is 0 Å². The molecule has 21 heavy (non-hydrogen) atoms. The lowest BCUT2D eigenvalue weighted by Crippen LogP contribution is -2.34. The number of hydrogen-bond acceptors (Lipinski definition) is 3. The van der Waals surface area contributed by atoms with Crippen molar-refractivity contribution in [2.75, 3.05) is 0 Å². The molecule has 5 heteroatoms. The second-order valence-electron chi connectivity index (χ2n) is 5.08. The summed E-state index contributed by atoms with van der Waals surface area (Å²) in [4.78, 5) is 28.9. The van der Waals surface area contributed by atoms with E-state index < -0.39 is 0 Å². The number of benzene rings is 1. The first kappa shape index (κ1) is 13.8. The SMILES string of the molecule is Cc1cc2c(=O)n(CCCc3ccccc3)c(=O)[nH]c2s1. The molecule has 0 aliphatic heterocycles. The van der Waals surface area contributed by atoms with E-state index >= 15 is 0 Å². The van der Waals surface area contributed by atoms with Gasteiger partial charge >= 0.3 is 5.69 Å². The van der Waals surface area contributed by atoms with Crippen LogP contribution in [0, 0.1) is 6.92 Å². The summed E-state index contributed by atoms with van der Waals surface area (Å²) in [7, 11) is 0. The van der Waals surface area contributed by atoms with Crippen molar-refractivity contribution >= 4 is 21.6 Å². The van der Waals surface area contributed by atoms with Crippen molar-refractivity contribution in [3.63, 3.8) is 0 Å². The van der Waals surface area contributed by atoms with E-state index in [1.807, 2.05) is 31.2 Å². The Morgan fingerprint density at radius 3 is 2.71 bits per heavy atom. The van der Waals surface area contributed by atoms with Gasteiger partial charge in [-0.25, -0.2) is 4.79 Å². The van der Waals surface area contributed by atoms with Crippen LogP contribution in [0.2, 0.25) is 0 Å². The van der Waals surface area contributed by atoms with Gasteiger partial charge < -0.3 is 0 Å². The predicted molar refractivity (Wildman–Crippen MR) is 86.2 cm³/mol. The zero-order valence-corrected chi connectivity index (χ0v) is 12.6. The summed E-state index contributed by atoms with van der Waals surface area (Å²) in [6.07, 6.45) is 1.62. The van der Waals surface area contributed by atoms with Crippen LogP contribution < -0.4 is 11.2 Å². The Labute approximate surface area is 125 Å². The standard InChI is InChI=1S/C16H16N2O2S/c1-11-10-13-14(21-11)17-16(20)18(15(13)19)9-5-8-12-6-3-2-4-7-12/h2-4,6-7,10H,5,8-9H2,1H3,(H,17,20). The number of nitrogens with one attached hydrogen (secondary N) is 1. The minimum Gasteiger partial charge on any atom is -0.298 e. The van der Waals surface area contributed by atoms with Gasteiger partial charge in [-0.2, -0.15) is 0 Å². The van der Waals surface area contributed by atoms with Crippen LogP contribution in [-0.4, -0.2) is 9.55 Å². The van der Waals surface area contributed by atoms with E-state index in [1.54, 1.807) is 0 Å². The lowest BCUT2D eigenvalue weighted by molar-refractivity contribution is 0.597. The summed E-state index contributed by atoms with van der Waals surface area (Å²) in [6.45, 7) is 2.37. The molecule has 0 aliphatic carbocycles. The van der Waals surface area contributed by atoms with Crippen LogP contribution in [0.3, 0.4) is 0 Å². The Bertz CT molecular complexity index is 875. The molecule has 1 N–H and O–H groups in total. The molecular formula is C16H16N2O2S. The fraction of sp³-hybridized carbons (Fsp3) is 0.250. The van der Waals surface area contributed by atoms with E-state index in [1.165, 1.54) is 21.5 Å². The number of aromatic amines is 1. The van der Waals surface area contributed by atoms with Crippen molar-refractivity contribution in [1.82, 2.24) is 9.55 Å². The van der Waals surface area contributed by atoms with E-state index in [0.29, 0.717) is 16.8 Å². The van der Waals surface area contributed by atoms with Crippen molar-refractivity contribution in [2.24, 2.45) is 0 Å². The number of fused-ring (bicyclic) bond motifs is 1. The van der Waals surface area contributed by atoms with E-state index in [-0.39, 0.29) is 11.2 Å². The lowest BCUT2D eigenvalue weighted by Gasteiger charge is -2.05. The van der Waals surface area contributed by atoms with Crippen molar-refractivity contribution in [3.05, 3.63) is 67.7 Å². The maximum absolute atomic E-state index is 12.4. The molecule has 108 valence electrons. The van der Waals surface area contributed by atoms with Crippen LogP contribution in [-0.2, 0) is 13.0 Å². The van der Waals surface area contributed by atoms with Gasteiger partial charge in [-0.1, -0.05) is 30.3 Å². The molecule has 0 radical (unpaired) electrons. The summed E-state index contributed by atoms with van der Waals surface area (Å²) < 4.78 is 1.30. The summed E-state index contributed by atoms with van der Waals surface area (Å²) in [6, 6.07) is 11.9.